The topological polar surface area (TPSA) is 79.8 Å². The third-order valence-corrected chi connectivity index (χ3v) is 2.44. The van der Waals surface area contributed by atoms with Gasteiger partial charge in [0.05, 0.1) is 18.3 Å². The molecule has 0 radical (unpaired) electrons. The number of hydrogen-bond donors (Lipinski definition) is 2. The molecule has 6 nitrogen and oxygen atoms in total. The molecule has 0 aliphatic rings. The molecule has 0 aromatic carbocycles. The number of hydrogen-bond acceptors (Lipinski definition) is 3. The molecule has 2 heterocycles. The fraction of sp³-hybridized carbons (Fsp3) is 0.250. The summed E-state index contributed by atoms with van der Waals surface area (Å²) in [5.41, 5.74) is 1.30. The van der Waals surface area contributed by atoms with Gasteiger partial charge in [-0.3, -0.25) is 14.3 Å². The first-order valence-corrected chi connectivity index (χ1v) is 5.61. The third kappa shape index (κ3) is 3.07. The maximum Gasteiger partial charge on any atom is 0.252 e. The summed E-state index contributed by atoms with van der Waals surface area (Å²) in [5.74, 6) is -0.213. The predicted octanol–water partition coefficient (Wildman–Crippen LogP) is 0.310. The van der Waals surface area contributed by atoms with Gasteiger partial charge in [0.25, 0.3) is 5.91 Å². The molecule has 0 bridgehead atoms. The lowest BCUT2D eigenvalue weighted by Crippen LogP contribution is -2.27. The number of carbonyl (C=O) groups is 1. The Labute approximate surface area is 104 Å². The van der Waals surface area contributed by atoms with Crippen molar-refractivity contribution in [1.82, 2.24) is 20.1 Å². The van der Waals surface area contributed by atoms with Gasteiger partial charge in [-0.25, -0.2) is 0 Å². The minimum absolute atomic E-state index is 0.213. The van der Waals surface area contributed by atoms with Crippen LogP contribution in [0.5, 0.6) is 0 Å². The zero-order chi connectivity index (χ0) is 13.0. The Bertz CT molecular complexity index is 580. The SMILES string of the molecule is Cc1cnn(CCNC(=O)c2ccc(=O)[nH]c2)c1. The molecule has 18 heavy (non-hydrogen) atoms. The molecule has 2 N–H and O–H groups in total. The van der Waals surface area contributed by atoms with Crippen molar-refractivity contribution in [3.05, 3.63) is 52.2 Å². The van der Waals surface area contributed by atoms with Crippen LogP contribution in [0.4, 0.5) is 0 Å². The summed E-state index contributed by atoms with van der Waals surface area (Å²) in [7, 11) is 0. The van der Waals surface area contributed by atoms with Crippen molar-refractivity contribution >= 4 is 5.91 Å². The van der Waals surface area contributed by atoms with Crippen molar-refractivity contribution in [3.8, 4) is 0 Å². The second kappa shape index (κ2) is 5.31. The lowest BCUT2D eigenvalue weighted by atomic mass is 10.3. The van der Waals surface area contributed by atoms with E-state index in [1.807, 2.05) is 13.1 Å². The Hall–Kier alpha value is -2.37. The van der Waals surface area contributed by atoms with Crippen molar-refractivity contribution in [2.24, 2.45) is 0 Å². The van der Waals surface area contributed by atoms with E-state index in [0.29, 0.717) is 18.7 Å². The average molecular weight is 246 g/mol. The van der Waals surface area contributed by atoms with Crippen molar-refractivity contribution in [2.45, 2.75) is 13.5 Å². The normalized spacial score (nSPS) is 10.3. The first kappa shape index (κ1) is 12.1. The van der Waals surface area contributed by atoms with E-state index in [1.54, 1.807) is 10.9 Å². The van der Waals surface area contributed by atoms with Crippen LogP contribution in [0, 0.1) is 6.92 Å². The minimum Gasteiger partial charge on any atom is -0.350 e. The smallest absolute Gasteiger partial charge is 0.252 e. The van der Waals surface area contributed by atoms with Crippen LogP contribution in [0.1, 0.15) is 15.9 Å². The summed E-state index contributed by atoms with van der Waals surface area (Å²) in [6.07, 6.45) is 5.08. The molecule has 0 unspecified atom stereocenters. The van der Waals surface area contributed by atoms with Crippen molar-refractivity contribution in [2.75, 3.05) is 6.54 Å². The molecule has 1 amide bonds. The fourth-order valence-corrected chi connectivity index (χ4v) is 1.53. The Morgan fingerprint density at radius 3 is 2.94 bits per heavy atom. The molecule has 2 rings (SSSR count). The predicted molar refractivity (Wildman–Crippen MR) is 66.4 cm³/mol. The molecule has 0 spiro atoms. The van der Waals surface area contributed by atoms with Gasteiger partial charge in [-0.05, 0) is 18.6 Å². The van der Waals surface area contributed by atoms with Gasteiger partial charge in [-0.15, -0.1) is 0 Å². The number of rotatable bonds is 4. The Morgan fingerprint density at radius 1 is 1.50 bits per heavy atom. The molecule has 0 atom stereocenters. The highest BCUT2D eigenvalue weighted by molar-refractivity contribution is 5.93. The Kier molecular flexibility index (Phi) is 3.57. The van der Waals surface area contributed by atoms with Crippen LogP contribution in [-0.2, 0) is 6.54 Å². The summed E-state index contributed by atoms with van der Waals surface area (Å²) in [4.78, 5) is 25.0. The molecular formula is C12H14N4O2. The van der Waals surface area contributed by atoms with E-state index < -0.39 is 0 Å². The average Bonchev–Trinajstić information content (AvgIpc) is 2.76. The quantitative estimate of drug-likeness (QED) is 0.814. The van der Waals surface area contributed by atoms with Crippen molar-refractivity contribution < 1.29 is 4.79 Å². The lowest BCUT2D eigenvalue weighted by Gasteiger charge is -2.04. The monoisotopic (exact) mass is 246 g/mol. The van der Waals surface area contributed by atoms with Gasteiger partial charge in [-0.2, -0.15) is 5.10 Å². The highest BCUT2D eigenvalue weighted by Gasteiger charge is 2.04. The summed E-state index contributed by atoms with van der Waals surface area (Å²) in [6, 6.07) is 2.82. The number of nitrogens with zero attached hydrogens (tertiary/aromatic N) is 2. The number of aromatic amines is 1. The second-order valence-electron chi connectivity index (χ2n) is 3.98. The number of pyridine rings is 1. The number of nitrogens with one attached hydrogen (secondary N) is 2. The van der Waals surface area contributed by atoms with E-state index in [1.165, 1.54) is 18.3 Å². The summed E-state index contributed by atoms with van der Waals surface area (Å²) in [6.45, 7) is 3.06. The van der Waals surface area contributed by atoms with E-state index in [2.05, 4.69) is 15.4 Å². The number of aryl methyl sites for hydroxylation is 1. The van der Waals surface area contributed by atoms with Gasteiger partial charge < -0.3 is 10.3 Å². The Balaban J connectivity index is 1.85. The highest BCUT2D eigenvalue weighted by atomic mass is 16.1. The maximum atomic E-state index is 11.7. The molecule has 94 valence electrons. The fourth-order valence-electron chi connectivity index (χ4n) is 1.53. The number of H-pyrrole nitrogens is 1. The summed E-state index contributed by atoms with van der Waals surface area (Å²) >= 11 is 0. The maximum absolute atomic E-state index is 11.7. The van der Waals surface area contributed by atoms with Gasteiger partial charge in [0, 0.05) is 25.0 Å². The van der Waals surface area contributed by atoms with Crippen LogP contribution < -0.4 is 10.9 Å². The van der Waals surface area contributed by atoms with Crippen LogP contribution >= 0.6 is 0 Å². The van der Waals surface area contributed by atoms with Crippen molar-refractivity contribution in [1.29, 1.82) is 0 Å². The van der Waals surface area contributed by atoms with E-state index >= 15 is 0 Å². The van der Waals surface area contributed by atoms with Gasteiger partial charge in [-0.1, -0.05) is 0 Å². The van der Waals surface area contributed by atoms with E-state index in [-0.39, 0.29) is 11.5 Å². The van der Waals surface area contributed by atoms with Crippen LogP contribution in [0.2, 0.25) is 0 Å². The summed E-state index contributed by atoms with van der Waals surface area (Å²) in [5, 5.41) is 6.87. The van der Waals surface area contributed by atoms with Crippen molar-refractivity contribution in [3.63, 3.8) is 0 Å². The Morgan fingerprint density at radius 2 is 2.33 bits per heavy atom. The van der Waals surface area contributed by atoms with Crippen LogP contribution in [-0.4, -0.2) is 27.2 Å². The second-order valence-corrected chi connectivity index (χ2v) is 3.98. The van der Waals surface area contributed by atoms with E-state index in [4.69, 9.17) is 0 Å². The molecule has 0 fully saturated rings. The molecular weight excluding hydrogens is 232 g/mol. The van der Waals surface area contributed by atoms with E-state index in [9.17, 15) is 9.59 Å². The lowest BCUT2D eigenvalue weighted by molar-refractivity contribution is 0.0951. The minimum atomic E-state index is -0.224. The van der Waals surface area contributed by atoms with Crippen LogP contribution in [0.15, 0.2) is 35.5 Å². The molecule has 0 saturated heterocycles. The third-order valence-electron chi connectivity index (χ3n) is 2.44. The van der Waals surface area contributed by atoms with Gasteiger partial charge >= 0.3 is 0 Å². The van der Waals surface area contributed by atoms with E-state index in [0.717, 1.165) is 5.56 Å². The summed E-state index contributed by atoms with van der Waals surface area (Å²) < 4.78 is 1.77. The zero-order valence-electron chi connectivity index (χ0n) is 10.0. The van der Waals surface area contributed by atoms with Crippen LogP contribution in [0.25, 0.3) is 0 Å². The molecule has 0 aliphatic heterocycles. The van der Waals surface area contributed by atoms with Gasteiger partial charge in [0.1, 0.15) is 0 Å². The van der Waals surface area contributed by atoms with Gasteiger partial charge in [0.15, 0.2) is 0 Å². The molecule has 6 heteroatoms. The molecule has 0 saturated carbocycles. The molecule has 2 aromatic rings. The number of carbonyl (C=O) groups excluding carboxylic acids is 1. The standard InChI is InChI=1S/C12H14N4O2/c1-9-6-15-16(8-9)5-4-13-12(18)10-2-3-11(17)14-7-10/h2-3,6-8H,4-5H2,1H3,(H,13,18)(H,14,17). The molecule has 0 aliphatic carbocycles. The largest absolute Gasteiger partial charge is 0.350 e. The van der Waals surface area contributed by atoms with Gasteiger partial charge in [0.2, 0.25) is 5.56 Å². The highest BCUT2D eigenvalue weighted by Crippen LogP contribution is 1.94. The first-order chi connectivity index (χ1) is 8.65. The first-order valence-electron chi connectivity index (χ1n) is 5.61. The zero-order valence-corrected chi connectivity index (χ0v) is 10.0. The molecule has 2 aromatic heterocycles. The number of aromatic nitrogens is 3. The number of amides is 1. The van der Waals surface area contributed by atoms with Crippen LogP contribution in [0.3, 0.4) is 0 Å².